The summed E-state index contributed by atoms with van der Waals surface area (Å²) in [6.45, 7) is 5.67. The van der Waals surface area contributed by atoms with Gasteiger partial charge in [-0.1, -0.05) is 65.0 Å². The van der Waals surface area contributed by atoms with Crippen molar-refractivity contribution >= 4 is 22.8 Å². The van der Waals surface area contributed by atoms with Gasteiger partial charge in [-0.3, -0.25) is 14.4 Å². The van der Waals surface area contributed by atoms with Crippen LogP contribution in [0.15, 0.2) is 39.5 Å². The molecule has 0 radical (unpaired) electrons. The van der Waals surface area contributed by atoms with Crippen molar-refractivity contribution in [2.45, 2.75) is 84.0 Å². The van der Waals surface area contributed by atoms with Crippen LogP contribution in [-0.4, -0.2) is 46.8 Å². The second-order valence-corrected chi connectivity index (χ2v) is 10.6. The Kier molecular flexibility index (Phi) is 10.1. The van der Waals surface area contributed by atoms with E-state index in [0.717, 1.165) is 31.7 Å². The predicted octanol–water partition coefficient (Wildman–Crippen LogP) is 3.38. The summed E-state index contributed by atoms with van der Waals surface area (Å²) in [7, 11) is 0. The molecule has 1 heterocycles. The van der Waals surface area contributed by atoms with Gasteiger partial charge < -0.3 is 25.3 Å². The van der Waals surface area contributed by atoms with Crippen LogP contribution in [0.2, 0.25) is 0 Å². The molecule has 1 saturated carbocycles. The van der Waals surface area contributed by atoms with Gasteiger partial charge in [-0.15, -0.1) is 0 Å². The molecule has 1 aromatic heterocycles. The van der Waals surface area contributed by atoms with Crippen molar-refractivity contribution in [3.63, 3.8) is 0 Å². The molecule has 198 valence electrons. The molecule has 8 heteroatoms. The molecule has 36 heavy (non-hydrogen) atoms. The molecule has 2 aromatic rings. The first-order valence-electron chi connectivity index (χ1n) is 13.1. The van der Waals surface area contributed by atoms with E-state index in [4.69, 9.17) is 4.42 Å². The summed E-state index contributed by atoms with van der Waals surface area (Å²) in [5.41, 5.74) is 0.00716. The van der Waals surface area contributed by atoms with Crippen molar-refractivity contribution in [3.05, 3.63) is 46.3 Å². The van der Waals surface area contributed by atoms with E-state index in [1.165, 1.54) is 6.42 Å². The SMILES string of the molecule is CC(C)C[C@H](O)[C@H](O)[C@H](CC1CCCCC1)NC(=O)[C@@H](C)CNC(=O)c1cc(=O)c2ccccc2o1. The second kappa shape index (κ2) is 13.0. The Balaban J connectivity index is 1.61. The maximum Gasteiger partial charge on any atom is 0.287 e. The standard InChI is InChI=1S/C28H40N2O6/c1-17(2)13-23(32)26(33)21(14-19-9-5-4-6-10-19)30-27(34)18(3)16-29-28(35)25-15-22(31)20-11-7-8-12-24(20)36-25/h7-8,11-12,15,17-19,21,23,26,32-33H,4-6,9-10,13-14,16H2,1-3H3,(H,29,35)(H,30,34)/t18-,21-,23-,26+/m0/s1. The summed E-state index contributed by atoms with van der Waals surface area (Å²) in [5.74, 6) is -0.991. The van der Waals surface area contributed by atoms with Crippen LogP contribution in [0.1, 0.15) is 76.3 Å². The minimum atomic E-state index is -1.06. The van der Waals surface area contributed by atoms with Gasteiger partial charge in [0.25, 0.3) is 5.91 Å². The molecule has 1 aliphatic rings. The maximum absolute atomic E-state index is 13.0. The van der Waals surface area contributed by atoms with E-state index in [0.29, 0.717) is 29.7 Å². The molecule has 0 bridgehead atoms. The lowest BCUT2D eigenvalue weighted by molar-refractivity contribution is -0.127. The van der Waals surface area contributed by atoms with Crippen molar-refractivity contribution in [1.82, 2.24) is 10.6 Å². The van der Waals surface area contributed by atoms with Crippen LogP contribution in [0, 0.1) is 17.8 Å². The van der Waals surface area contributed by atoms with Gasteiger partial charge in [0.15, 0.2) is 11.2 Å². The summed E-state index contributed by atoms with van der Waals surface area (Å²) in [5, 5.41) is 27.4. The molecule has 4 atom stereocenters. The van der Waals surface area contributed by atoms with Crippen LogP contribution < -0.4 is 16.1 Å². The molecule has 4 N–H and O–H groups in total. The van der Waals surface area contributed by atoms with Crippen molar-refractivity contribution in [2.24, 2.45) is 17.8 Å². The van der Waals surface area contributed by atoms with E-state index in [1.807, 2.05) is 13.8 Å². The molecule has 1 aromatic carbocycles. The number of para-hydroxylation sites is 1. The van der Waals surface area contributed by atoms with Gasteiger partial charge in [0.2, 0.25) is 5.91 Å². The summed E-state index contributed by atoms with van der Waals surface area (Å²) >= 11 is 0. The van der Waals surface area contributed by atoms with E-state index in [-0.39, 0.29) is 29.6 Å². The molecule has 2 amide bonds. The monoisotopic (exact) mass is 500 g/mol. The summed E-state index contributed by atoms with van der Waals surface area (Å²) in [6.07, 6.45) is 4.68. The maximum atomic E-state index is 13.0. The molecular weight excluding hydrogens is 460 g/mol. The first-order valence-corrected chi connectivity index (χ1v) is 13.1. The van der Waals surface area contributed by atoms with Crippen LogP contribution in [0.3, 0.4) is 0 Å². The first kappa shape index (κ1) is 27.9. The number of hydrogen-bond acceptors (Lipinski definition) is 6. The van der Waals surface area contributed by atoms with Crippen molar-refractivity contribution in [1.29, 1.82) is 0 Å². The van der Waals surface area contributed by atoms with Crippen LogP contribution in [0.5, 0.6) is 0 Å². The van der Waals surface area contributed by atoms with E-state index >= 15 is 0 Å². The number of carbonyl (C=O) groups is 2. The van der Waals surface area contributed by atoms with Gasteiger partial charge in [-0.25, -0.2) is 0 Å². The lowest BCUT2D eigenvalue weighted by atomic mass is 9.82. The van der Waals surface area contributed by atoms with Gasteiger partial charge in [0, 0.05) is 12.6 Å². The normalized spacial score (nSPS) is 17.9. The number of amides is 2. The molecular formula is C28H40N2O6. The minimum absolute atomic E-state index is 0.0298. The molecule has 1 fully saturated rings. The van der Waals surface area contributed by atoms with E-state index in [2.05, 4.69) is 10.6 Å². The third kappa shape index (κ3) is 7.64. The van der Waals surface area contributed by atoms with E-state index in [9.17, 15) is 24.6 Å². The Labute approximate surface area is 212 Å². The van der Waals surface area contributed by atoms with Crippen molar-refractivity contribution in [3.8, 4) is 0 Å². The Morgan fingerprint density at radius 1 is 1.08 bits per heavy atom. The second-order valence-electron chi connectivity index (χ2n) is 10.6. The average molecular weight is 501 g/mol. The van der Waals surface area contributed by atoms with Gasteiger partial charge in [-0.05, 0) is 36.8 Å². The number of nitrogens with one attached hydrogen (secondary N) is 2. The molecule has 0 spiro atoms. The topological polar surface area (TPSA) is 129 Å². The molecule has 3 rings (SSSR count). The molecule has 8 nitrogen and oxygen atoms in total. The fourth-order valence-electron chi connectivity index (χ4n) is 4.92. The Bertz CT molecular complexity index is 1080. The number of benzene rings is 1. The summed E-state index contributed by atoms with van der Waals surface area (Å²) in [4.78, 5) is 37.9. The number of hydrogen-bond donors (Lipinski definition) is 4. The number of rotatable bonds is 11. The predicted molar refractivity (Wildman–Crippen MR) is 139 cm³/mol. The molecule has 0 aliphatic heterocycles. The van der Waals surface area contributed by atoms with E-state index in [1.54, 1.807) is 31.2 Å². The molecule has 0 unspecified atom stereocenters. The van der Waals surface area contributed by atoms with Gasteiger partial charge in [0.05, 0.1) is 23.4 Å². The zero-order chi connectivity index (χ0) is 26.2. The summed E-state index contributed by atoms with van der Waals surface area (Å²) in [6, 6.07) is 7.27. The van der Waals surface area contributed by atoms with Gasteiger partial charge in [0.1, 0.15) is 11.7 Å². The fourth-order valence-corrected chi connectivity index (χ4v) is 4.92. The Morgan fingerprint density at radius 2 is 1.78 bits per heavy atom. The quantitative estimate of drug-likeness (QED) is 0.374. The van der Waals surface area contributed by atoms with E-state index < -0.39 is 30.1 Å². The zero-order valence-corrected chi connectivity index (χ0v) is 21.5. The molecule has 1 aliphatic carbocycles. The first-order chi connectivity index (χ1) is 17.2. The van der Waals surface area contributed by atoms with Crippen molar-refractivity contribution in [2.75, 3.05) is 6.54 Å². The lowest BCUT2D eigenvalue weighted by Crippen LogP contribution is -2.52. The number of aliphatic hydroxyl groups excluding tert-OH is 2. The smallest absolute Gasteiger partial charge is 0.287 e. The Hall–Kier alpha value is -2.71. The van der Waals surface area contributed by atoms with Gasteiger partial charge >= 0.3 is 0 Å². The average Bonchev–Trinajstić information content (AvgIpc) is 2.86. The highest BCUT2D eigenvalue weighted by molar-refractivity contribution is 5.93. The van der Waals surface area contributed by atoms with Gasteiger partial charge in [-0.2, -0.15) is 0 Å². The number of aliphatic hydroxyl groups is 2. The minimum Gasteiger partial charge on any atom is -0.451 e. The lowest BCUT2D eigenvalue weighted by Gasteiger charge is -2.33. The third-order valence-corrected chi connectivity index (χ3v) is 7.03. The van der Waals surface area contributed by atoms with Crippen LogP contribution in [0.25, 0.3) is 11.0 Å². The third-order valence-electron chi connectivity index (χ3n) is 7.03. The zero-order valence-electron chi connectivity index (χ0n) is 21.5. The fraction of sp³-hybridized carbons (Fsp3) is 0.607. The van der Waals surface area contributed by atoms with Crippen LogP contribution >= 0.6 is 0 Å². The highest BCUT2D eigenvalue weighted by atomic mass is 16.3. The summed E-state index contributed by atoms with van der Waals surface area (Å²) < 4.78 is 5.56. The highest BCUT2D eigenvalue weighted by Gasteiger charge is 2.32. The van der Waals surface area contributed by atoms with Crippen LogP contribution in [-0.2, 0) is 4.79 Å². The van der Waals surface area contributed by atoms with Crippen LogP contribution in [0.4, 0.5) is 0 Å². The van der Waals surface area contributed by atoms with Crippen molar-refractivity contribution < 1.29 is 24.2 Å². The largest absolute Gasteiger partial charge is 0.451 e. The highest BCUT2D eigenvalue weighted by Crippen LogP contribution is 2.29. The number of carbonyl (C=O) groups excluding carboxylic acids is 2. The Morgan fingerprint density at radius 3 is 2.47 bits per heavy atom. The number of fused-ring (bicyclic) bond motifs is 1. The molecule has 0 saturated heterocycles.